The van der Waals surface area contributed by atoms with Crippen LogP contribution in [-0.2, 0) is 14.3 Å². The molecular formula is C18H33NO3. The third kappa shape index (κ3) is 7.28. The van der Waals surface area contributed by atoms with Crippen molar-refractivity contribution in [3.63, 3.8) is 0 Å². The molecule has 0 aromatic carbocycles. The van der Waals surface area contributed by atoms with E-state index in [1.807, 2.05) is 4.90 Å². The molecule has 22 heavy (non-hydrogen) atoms. The Bertz CT molecular complexity index is 330. The van der Waals surface area contributed by atoms with Crippen LogP contribution >= 0.6 is 0 Å². The van der Waals surface area contributed by atoms with Crippen LogP contribution in [-0.4, -0.2) is 37.0 Å². The van der Waals surface area contributed by atoms with Crippen molar-refractivity contribution >= 4 is 11.9 Å². The lowest BCUT2D eigenvalue weighted by Crippen LogP contribution is -2.27. The number of amides is 1. The highest BCUT2D eigenvalue weighted by Crippen LogP contribution is 2.20. The molecule has 0 bridgehead atoms. The smallest absolute Gasteiger partial charge is 0.310 e. The van der Waals surface area contributed by atoms with Crippen LogP contribution in [0.2, 0.25) is 0 Å². The predicted molar refractivity (Wildman–Crippen MR) is 88.5 cm³/mol. The third-order valence-electron chi connectivity index (χ3n) is 4.53. The van der Waals surface area contributed by atoms with Crippen LogP contribution in [0.15, 0.2) is 0 Å². The van der Waals surface area contributed by atoms with Crippen molar-refractivity contribution in [1.29, 1.82) is 0 Å². The number of likely N-dealkylation sites (tertiary alicyclic amines) is 1. The predicted octanol–water partition coefficient (Wildman–Crippen LogP) is 3.93. The first-order chi connectivity index (χ1) is 10.7. The number of nitrogens with zero attached hydrogens (tertiary/aromatic N) is 1. The summed E-state index contributed by atoms with van der Waals surface area (Å²) in [7, 11) is 1.39. The molecule has 1 fully saturated rings. The van der Waals surface area contributed by atoms with Crippen molar-refractivity contribution in [3.8, 4) is 0 Å². The Balaban J connectivity index is 1.96. The zero-order valence-corrected chi connectivity index (χ0v) is 14.4. The quantitative estimate of drug-likeness (QED) is 0.405. The van der Waals surface area contributed by atoms with Gasteiger partial charge in [-0.2, -0.15) is 0 Å². The van der Waals surface area contributed by atoms with Crippen molar-refractivity contribution in [3.05, 3.63) is 0 Å². The van der Waals surface area contributed by atoms with Gasteiger partial charge in [0, 0.05) is 19.5 Å². The Morgan fingerprint density at radius 1 is 1.05 bits per heavy atom. The minimum atomic E-state index is -0.251. The number of ether oxygens (including phenoxy) is 1. The van der Waals surface area contributed by atoms with Crippen LogP contribution in [0, 0.1) is 5.92 Å². The van der Waals surface area contributed by atoms with Gasteiger partial charge in [-0.15, -0.1) is 0 Å². The molecule has 1 aliphatic heterocycles. The van der Waals surface area contributed by atoms with Gasteiger partial charge in [0.05, 0.1) is 13.0 Å². The van der Waals surface area contributed by atoms with Gasteiger partial charge in [-0.1, -0.05) is 64.7 Å². The van der Waals surface area contributed by atoms with E-state index in [1.54, 1.807) is 0 Å². The standard InChI is InChI=1S/C18H33NO3/c1-3-4-5-6-7-8-9-10-11-12-13-19-15-16(14-17(19)20)18(21)22-2/h16H,3-15H2,1-2H3. The maximum Gasteiger partial charge on any atom is 0.310 e. The van der Waals surface area contributed by atoms with Crippen LogP contribution in [0.5, 0.6) is 0 Å². The average Bonchev–Trinajstić information content (AvgIpc) is 2.89. The number of esters is 1. The summed E-state index contributed by atoms with van der Waals surface area (Å²) in [5.41, 5.74) is 0. The van der Waals surface area contributed by atoms with Gasteiger partial charge in [-0.05, 0) is 6.42 Å². The summed E-state index contributed by atoms with van der Waals surface area (Å²) in [4.78, 5) is 25.1. The lowest BCUT2D eigenvalue weighted by Gasteiger charge is -2.15. The second-order valence-corrected chi connectivity index (χ2v) is 6.45. The number of unbranched alkanes of at least 4 members (excludes halogenated alkanes) is 9. The highest BCUT2D eigenvalue weighted by atomic mass is 16.5. The number of rotatable bonds is 12. The normalized spacial score (nSPS) is 18.0. The molecule has 4 heteroatoms. The first-order valence-corrected chi connectivity index (χ1v) is 9.04. The topological polar surface area (TPSA) is 46.6 Å². The summed E-state index contributed by atoms with van der Waals surface area (Å²) in [5, 5.41) is 0. The lowest BCUT2D eigenvalue weighted by molar-refractivity contribution is -0.145. The molecule has 128 valence electrons. The Hall–Kier alpha value is -1.06. The molecule has 0 spiro atoms. The Morgan fingerprint density at radius 3 is 2.14 bits per heavy atom. The molecule has 0 aliphatic carbocycles. The van der Waals surface area contributed by atoms with Crippen molar-refractivity contribution < 1.29 is 14.3 Å². The molecule has 0 aromatic rings. The number of carbonyl (C=O) groups excluding carboxylic acids is 2. The first kappa shape index (κ1) is 19.0. The summed E-state index contributed by atoms with van der Waals surface area (Å²) in [6.45, 7) is 3.59. The maximum absolute atomic E-state index is 11.8. The number of hydrogen-bond acceptors (Lipinski definition) is 3. The maximum atomic E-state index is 11.8. The van der Waals surface area contributed by atoms with Gasteiger partial charge < -0.3 is 9.64 Å². The summed E-state index contributed by atoms with van der Waals surface area (Å²) in [6, 6.07) is 0. The Kier molecular flexibility index (Phi) is 9.93. The van der Waals surface area contributed by atoms with E-state index in [4.69, 9.17) is 4.74 Å². The van der Waals surface area contributed by atoms with Gasteiger partial charge in [0.1, 0.15) is 0 Å². The van der Waals surface area contributed by atoms with Gasteiger partial charge >= 0.3 is 5.97 Å². The number of carbonyl (C=O) groups is 2. The molecule has 0 radical (unpaired) electrons. The molecule has 0 saturated carbocycles. The minimum absolute atomic E-state index is 0.103. The van der Waals surface area contributed by atoms with Crippen molar-refractivity contribution in [2.75, 3.05) is 20.2 Å². The highest BCUT2D eigenvalue weighted by molar-refractivity contribution is 5.86. The summed E-state index contributed by atoms with van der Waals surface area (Å²) >= 11 is 0. The molecule has 1 amide bonds. The summed E-state index contributed by atoms with van der Waals surface area (Å²) in [6.07, 6.45) is 13.3. The Morgan fingerprint density at radius 2 is 1.59 bits per heavy atom. The molecule has 0 aromatic heterocycles. The second-order valence-electron chi connectivity index (χ2n) is 6.45. The van der Waals surface area contributed by atoms with Crippen LogP contribution in [0.3, 0.4) is 0 Å². The minimum Gasteiger partial charge on any atom is -0.469 e. The van der Waals surface area contributed by atoms with Gasteiger partial charge in [-0.3, -0.25) is 9.59 Å². The Labute approximate surface area is 135 Å². The van der Waals surface area contributed by atoms with Gasteiger partial charge in [-0.25, -0.2) is 0 Å². The monoisotopic (exact) mass is 311 g/mol. The van der Waals surface area contributed by atoms with Crippen LogP contribution in [0.4, 0.5) is 0 Å². The lowest BCUT2D eigenvalue weighted by atomic mass is 10.1. The van der Waals surface area contributed by atoms with Gasteiger partial charge in [0.2, 0.25) is 5.91 Å². The molecule has 4 nitrogen and oxygen atoms in total. The zero-order chi connectivity index (χ0) is 16.2. The largest absolute Gasteiger partial charge is 0.469 e. The zero-order valence-electron chi connectivity index (χ0n) is 14.4. The fraction of sp³-hybridized carbons (Fsp3) is 0.889. The SMILES string of the molecule is CCCCCCCCCCCCN1CC(C(=O)OC)CC1=O. The van der Waals surface area contributed by atoms with Crippen molar-refractivity contribution in [2.45, 2.75) is 77.6 Å². The number of hydrogen-bond donors (Lipinski definition) is 0. The van der Waals surface area contributed by atoms with E-state index in [0.29, 0.717) is 13.0 Å². The molecule has 1 heterocycles. The van der Waals surface area contributed by atoms with E-state index >= 15 is 0 Å². The highest BCUT2D eigenvalue weighted by Gasteiger charge is 2.34. The van der Waals surface area contributed by atoms with Gasteiger partial charge in [0.15, 0.2) is 0 Å². The van der Waals surface area contributed by atoms with Crippen LogP contribution < -0.4 is 0 Å². The van der Waals surface area contributed by atoms with Crippen LogP contribution in [0.1, 0.15) is 77.6 Å². The van der Waals surface area contributed by atoms with E-state index < -0.39 is 0 Å². The summed E-state index contributed by atoms with van der Waals surface area (Å²) in [5.74, 6) is -0.397. The molecular weight excluding hydrogens is 278 g/mol. The molecule has 1 saturated heterocycles. The van der Waals surface area contributed by atoms with E-state index in [9.17, 15) is 9.59 Å². The molecule has 1 atom stereocenters. The number of methoxy groups -OCH3 is 1. The van der Waals surface area contributed by atoms with Crippen LogP contribution in [0.25, 0.3) is 0 Å². The van der Waals surface area contributed by atoms with Gasteiger partial charge in [0.25, 0.3) is 0 Å². The fourth-order valence-electron chi connectivity index (χ4n) is 3.10. The average molecular weight is 311 g/mol. The molecule has 1 rings (SSSR count). The van der Waals surface area contributed by atoms with E-state index in [2.05, 4.69) is 6.92 Å². The molecule has 1 aliphatic rings. The first-order valence-electron chi connectivity index (χ1n) is 9.04. The van der Waals surface area contributed by atoms with E-state index in [0.717, 1.165) is 13.0 Å². The van der Waals surface area contributed by atoms with E-state index in [1.165, 1.54) is 64.9 Å². The fourth-order valence-corrected chi connectivity index (χ4v) is 3.10. The molecule has 1 unspecified atom stereocenters. The van der Waals surface area contributed by atoms with Crippen molar-refractivity contribution in [2.24, 2.45) is 5.92 Å². The molecule has 0 N–H and O–H groups in total. The third-order valence-corrected chi connectivity index (χ3v) is 4.53. The second kappa shape index (κ2) is 11.5. The van der Waals surface area contributed by atoms with Crippen molar-refractivity contribution in [1.82, 2.24) is 4.90 Å². The summed E-state index contributed by atoms with van der Waals surface area (Å²) < 4.78 is 4.72. The van der Waals surface area contributed by atoms with E-state index in [-0.39, 0.29) is 17.8 Å².